The molecule has 1 heterocycles. The molecule has 2 aromatic rings. The molecule has 0 aliphatic rings. The molecule has 17 heavy (non-hydrogen) atoms. The van der Waals surface area contributed by atoms with Crippen LogP contribution < -0.4 is 0 Å². The predicted octanol–water partition coefficient (Wildman–Crippen LogP) is 2.67. The van der Waals surface area contributed by atoms with Crippen molar-refractivity contribution in [3.8, 4) is 11.4 Å². The largest absolute Gasteiger partial charge is 0.481 e. The molecular weight excluding hydrogens is 267 g/mol. The van der Waals surface area contributed by atoms with Crippen LogP contribution in [0, 0.1) is 0 Å². The topological polar surface area (TPSA) is 76.2 Å². The van der Waals surface area contributed by atoms with Gasteiger partial charge in [-0.2, -0.15) is 4.98 Å². The summed E-state index contributed by atoms with van der Waals surface area (Å²) in [6.45, 7) is 0. The highest BCUT2D eigenvalue weighted by Gasteiger charge is 2.16. The highest BCUT2D eigenvalue weighted by atomic mass is 35.5. The number of hydrogen-bond donors (Lipinski definition) is 1. The molecule has 5 nitrogen and oxygen atoms in total. The number of carboxylic acids is 1. The van der Waals surface area contributed by atoms with Crippen molar-refractivity contribution in [2.75, 3.05) is 0 Å². The molecule has 0 radical (unpaired) electrons. The predicted molar refractivity (Wildman–Crippen MR) is 61.1 cm³/mol. The lowest BCUT2D eigenvalue weighted by Gasteiger charge is -2.00. The van der Waals surface area contributed by atoms with Gasteiger partial charge in [-0.25, -0.2) is 0 Å². The minimum atomic E-state index is -1.05. The molecular formula is C10H6Cl2N2O3. The van der Waals surface area contributed by atoms with Gasteiger partial charge in [0.05, 0.1) is 15.6 Å². The van der Waals surface area contributed by atoms with Gasteiger partial charge >= 0.3 is 5.97 Å². The molecule has 2 rings (SSSR count). The van der Waals surface area contributed by atoms with E-state index in [1.165, 1.54) is 0 Å². The molecule has 0 atom stereocenters. The Morgan fingerprint density at radius 1 is 1.35 bits per heavy atom. The van der Waals surface area contributed by atoms with Crippen LogP contribution in [-0.4, -0.2) is 21.2 Å². The summed E-state index contributed by atoms with van der Waals surface area (Å²) in [5.41, 5.74) is 0.427. The molecule has 0 bridgehead atoms. The van der Waals surface area contributed by atoms with Crippen LogP contribution in [0.1, 0.15) is 5.89 Å². The van der Waals surface area contributed by atoms with Gasteiger partial charge in [0.25, 0.3) is 0 Å². The Bertz CT molecular complexity index is 548. The fourth-order valence-electron chi connectivity index (χ4n) is 1.27. The number of aromatic nitrogens is 2. The van der Waals surface area contributed by atoms with Crippen LogP contribution in [0.5, 0.6) is 0 Å². The number of aliphatic carboxylic acids is 1. The van der Waals surface area contributed by atoms with Gasteiger partial charge in [0.1, 0.15) is 6.42 Å². The summed E-state index contributed by atoms with van der Waals surface area (Å²) >= 11 is 11.9. The van der Waals surface area contributed by atoms with E-state index >= 15 is 0 Å². The fourth-order valence-corrected chi connectivity index (χ4v) is 1.84. The maximum absolute atomic E-state index is 10.5. The van der Waals surface area contributed by atoms with E-state index in [-0.39, 0.29) is 18.1 Å². The lowest BCUT2D eigenvalue weighted by atomic mass is 10.2. The fraction of sp³-hybridized carbons (Fsp3) is 0.100. The van der Waals surface area contributed by atoms with Crippen LogP contribution in [0.2, 0.25) is 10.0 Å². The molecule has 1 aromatic heterocycles. The summed E-state index contributed by atoms with van der Waals surface area (Å²) in [5, 5.41) is 13.0. The van der Waals surface area contributed by atoms with Crippen LogP contribution >= 0.6 is 23.2 Å². The molecule has 0 amide bonds. The van der Waals surface area contributed by atoms with Crippen molar-refractivity contribution in [1.82, 2.24) is 10.1 Å². The first-order chi connectivity index (χ1) is 8.08. The number of rotatable bonds is 3. The molecule has 0 saturated heterocycles. The Kier molecular flexibility index (Phi) is 3.31. The third-order valence-electron chi connectivity index (χ3n) is 1.96. The maximum atomic E-state index is 10.5. The van der Waals surface area contributed by atoms with Crippen molar-refractivity contribution in [3.05, 3.63) is 34.1 Å². The zero-order valence-electron chi connectivity index (χ0n) is 8.35. The molecule has 0 unspecified atom stereocenters. The Morgan fingerprint density at radius 3 is 2.59 bits per heavy atom. The van der Waals surface area contributed by atoms with Gasteiger partial charge in [0.2, 0.25) is 11.7 Å². The van der Waals surface area contributed by atoms with Crippen molar-refractivity contribution < 1.29 is 14.4 Å². The highest BCUT2D eigenvalue weighted by Crippen LogP contribution is 2.32. The Morgan fingerprint density at radius 2 is 2.00 bits per heavy atom. The van der Waals surface area contributed by atoms with E-state index in [1.807, 2.05) is 0 Å². The molecule has 88 valence electrons. The normalized spacial score (nSPS) is 10.5. The summed E-state index contributed by atoms with van der Waals surface area (Å²) < 4.78 is 4.78. The van der Waals surface area contributed by atoms with Crippen molar-refractivity contribution in [1.29, 1.82) is 0 Å². The van der Waals surface area contributed by atoms with E-state index in [9.17, 15) is 4.79 Å². The van der Waals surface area contributed by atoms with E-state index in [0.29, 0.717) is 15.6 Å². The van der Waals surface area contributed by atoms with E-state index in [4.69, 9.17) is 32.8 Å². The smallest absolute Gasteiger partial charge is 0.312 e. The number of hydrogen-bond acceptors (Lipinski definition) is 4. The summed E-state index contributed by atoms with van der Waals surface area (Å²) in [5.74, 6) is -0.870. The van der Waals surface area contributed by atoms with E-state index in [0.717, 1.165) is 0 Å². The van der Waals surface area contributed by atoms with Gasteiger partial charge in [0, 0.05) is 0 Å². The van der Waals surface area contributed by atoms with Crippen LogP contribution in [0.15, 0.2) is 22.7 Å². The lowest BCUT2D eigenvalue weighted by molar-refractivity contribution is -0.136. The minimum Gasteiger partial charge on any atom is -0.481 e. The molecule has 0 aliphatic carbocycles. The molecule has 7 heteroatoms. The number of halogens is 2. The number of benzene rings is 1. The molecule has 0 aliphatic heterocycles. The second-order valence-electron chi connectivity index (χ2n) is 3.18. The van der Waals surface area contributed by atoms with Crippen molar-refractivity contribution in [3.63, 3.8) is 0 Å². The van der Waals surface area contributed by atoms with Gasteiger partial charge in [-0.1, -0.05) is 34.4 Å². The summed E-state index contributed by atoms with van der Waals surface area (Å²) in [6.07, 6.45) is -0.338. The molecule has 0 spiro atoms. The number of nitrogens with zero attached hydrogens (tertiary/aromatic N) is 2. The van der Waals surface area contributed by atoms with E-state index < -0.39 is 5.97 Å². The van der Waals surface area contributed by atoms with Crippen molar-refractivity contribution in [2.24, 2.45) is 0 Å². The highest BCUT2D eigenvalue weighted by molar-refractivity contribution is 6.38. The Balaban J connectivity index is 2.40. The van der Waals surface area contributed by atoms with E-state index in [2.05, 4.69) is 10.1 Å². The molecule has 1 N–H and O–H groups in total. The third-order valence-corrected chi connectivity index (χ3v) is 2.59. The van der Waals surface area contributed by atoms with Gasteiger partial charge in [-0.05, 0) is 12.1 Å². The Hall–Kier alpha value is -1.59. The van der Waals surface area contributed by atoms with Gasteiger partial charge in [-0.3, -0.25) is 4.79 Å². The SMILES string of the molecule is O=C(O)Cc1nc(-c2c(Cl)cccc2Cl)no1. The average Bonchev–Trinajstić information content (AvgIpc) is 2.65. The number of carbonyl (C=O) groups is 1. The maximum Gasteiger partial charge on any atom is 0.312 e. The minimum absolute atomic E-state index is 0.00323. The molecule has 0 saturated carbocycles. The first kappa shape index (κ1) is 11.9. The van der Waals surface area contributed by atoms with Crippen molar-refractivity contribution in [2.45, 2.75) is 6.42 Å². The zero-order chi connectivity index (χ0) is 12.4. The standard InChI is InChI=1S/C10H6Cl2N2O3/c11-5-2-1-3-6(12)9(5)10-13-7(17-14-10)4-8(15)16/h1-3H,4H2,(H,15,16). The van der Waals surface area contributed by atoms with Crippen LogP contribution in [0.3, 0.4) is 0 Å². The lowest BCUT2D eigenvalue weighted by Crippen LogP contribution is -1.99. The van der Waals surface area contributed by atoms with Crippen molar-refractivity contribution >= 4 is 29.2 Å². The molecule has 0 fully saturated rings. The third kappa shape index (κ3) is 2.57. The summed E-state index contributed by atoms with van der Waals surface area (Å²) in [6, 6.07) is 4.96. The molecule has 1 aromatic carbocycles. The summed E-state index contributed by atoms with van der Waals surface area (Å²) in [7, 11) is 0. The van der Waals surface area contributed by atoms with Crippen LogP contribution in [-0.2, 0) is 11.2 Å². The van der Waals surface area contributed by atoms with Crippen LogP contribution in [0.4, 0.5) is 0 Å². The number of carboxylic acid groups (broad SMARTS) is 1. The second-order valence-corrected chi connectivity index (χ2v) is 3.99. The zero-order valence-corrected chi connectivity index (χ0v) is 9.87. The monoisotopic (exact) mass is 272 g/mol. The first-order valence-electron chi connectivity index (χ1n) is 4.56. The van der Waals surface area contributed by atoms with Gasteiger partial charge in [0.15, 0.2) is 0 Å². The average molecular weight is 273 g/mol. The van der Waals surface area contributed by atoms with E-state index in [1.54, 1.807) is 18.2 Å². The van der Waals surface area contributed by atoms with Crippen LogP contribution in [0.25, 0.3) is 11.4 Å². The summed E-state index contributed by atoms with van der Waals surface area (Å²) in [4.78, 5) is 14.4. The second kappa shape index (κ2) is 4.73. The Labute approximate surface area is 106 Å². The first-order valence-corrected chi connectivity index (χ1v) is 5.32. The van der Waals surface area contributed by atoms with Gasteiger partial charge < -0.3 is 9.63 Å². The van der Waals surface area contributed by atoms with Gasteiger partial charge in [-0.15, -0.1) is 0 Å². The quantitative estimate of drug-likeness (QED) is 0.930.